The maximum absolute atomic E-state index is 12.7. The monoisotopic (exact) mass is 323 g/mol. The summed E-state index contributed by atoms with van der Waals surface area (Å²) in [6, 6.07) is 3.35. The Morgan fingerprint density at radius 1 is 1.38 bits per heavy atom. The molecule has 0 atom stereocenters. The second-order valence-electron chi connectivity index (χ2n) is 4.31. The van der Waals surface area contributed by atoms with Crippen LogP contribution in [0.4, 0.5) is 11.5 Å². The molecule has 0 bridgehead atoms. The number of pyridine rings is 1. The van der Waals surface area contributed by atoms with Crippen molar-refractivity contribution < 1.29 is 8.42 Å². The number of fused-ring (bicyclic) bond motifs is 1. The van der Waals surface area contributed by atoms with Gasteiger partial charge in [-0.25, -0.2) is 4.98 Å². The minimum absolute atomic E-state index is 0.0875. The molecule has 0 spiro atoms. The zero-order chi connectivity index (χ0) is 15.0. The van der Waals surface area contributed by atoms with Crippen molar-refractivity contribution in [1.29, 1.82) is 0 Å². The van der Waals surface area contributed by atoms with E-state index in [0.717, 1.165) is 0 Å². The van der Waals surface area contributed by atoms with Crippen molar-refractivity contribution in [2.24, 2.45) is 0 Å². The predicted octanol–water partition coefficient (Wildman–Crippen LogP) is 1.94. The largest absolute Gasteiger partial charge is 0.371 e. The molecular formula is C12H13N5O2S2. The molecule has 7 nitrogen and oxygen atoms in total. The maximum Gasteiger partial charge on any atom is 0.281 e. The standard InChI is InChI=1S/C12H13N5O2S2/c1-8-9(4-3-5-14-8)16-21(18,19)11-10(13-2)15-12-17(11)6-7-20-12/h3-7,13,16H,1-2H3. The lowest BCUT2D eigenvalue weighted by atomic mass is 10.3. The fourth-order valence-electron chi connectivity index (χ4n) is 1.97. The van der Waals surface area contributed by atoms with Crippen LogP contribution in [0.1, 0.15) is 5.69 Å². The van der Waals surface area contributed by atoms with E-state index in [1.807, 2.05) is 0 Å². The minimum Gasteiger partial charge on any atom is -0.371 e. The van der Waals surface area contributed by atoms with Gasteiger partial charge in [-0.1, -0.05) is 0 Å². The van der Waals surface area contributed by atoms with E-state index in [9.17, 15) is 8.42 Å². The van der Waals surface area contributed by atoms with Crippen LogP contribution in [0.5, 0.6) is 0 Å². The van der Waals surface area contributed by atoms with Gasteiger partial charge >= 0.3 is 0 Å². The molecule has 110 valence electrons. The van der Waals surface area contributed by atoms with Crippen LogP contribution >= 0.6 is 11.3 Å². The highest BCUT2D eigenvalue weighted by molar-refractivity contribution is 7.92. The van der Waals surface area contributed by atoms with Gasteiger partial charge in [-0.05, 0) is 19.1 Å². The summed E-state index contributed by atoms with van der Waals surface area (Å²) in [4.78, 5) is 8.95. The van der Waals surface area contributed by atoms with E-state index in [4.69, 9.17) is 0 Å². The van der Waals surface area contributed by atoms with Crippen LogP contribution in [-0.4, -0.2) is 29.8 Å². The topological polar surface area (TPSA) is 88.4 Å². The van der Waals surface area contributed by atoms with Gasteiger partial charge in [-0.15, -0.1) is 11.3 Å². The van der Waals surface area contributed by atoms with Crippen molar-refractivity contribution in [1.82, 2.24) is 14.4 Å². The quantitative estimate of drug-likeness (QED) is 0.766. The molecule has 3 rings (SSSR count). The number of hydrogen-bond acceptors (Lipinski definition) is 6. The molecule has 0 unspecified atom stereocenters. The number of aromatic nitrogens is 3. The molecule has 0 aliphatic rings. The van der Waals surface area contributed by atoms with Crippen LogP contribution in [0.3, 0.4) is 0 Å². The summed E-state index contributed by atoms with van der Waals surface area (Å²) >= 11 is 1.37. The van der Waals surface area contributed by atoms with Crippen LogP contribution in [0.25, 0.3) is 4.96 Å². The number of anilines is 2. The van der Waals surface area contributed by atoms with Crippen molar-refractivity contribution in [2.45, 2.75) is 11.9 Å². The lowest BCUT2D eigenvalue weighted by molar-refractivity contribution is 0.597. The van der Waals surface area contributed by atoms with Crippen molar-refractivity contribution in [3.8, 4) is 0 Å². The highest BCUT2D eigenvalue weighted by Crippen LogP contribution is 2.27. The third-order valence-corrected chi connectivity index (χ3v) is 5.11. The summed E-state index contributed by atoms with van der Waals surface area (Å²) in [5, 5.41) is 4.69. The summed E-state index contributed by atoms with van der Waals surface area (Å²) in [6.07, 6.45) is 3.29. The molecule has 21 heavy (non-hydrogen) atoms. The fourth-order valence-corrected chi connectivity index (χ4v) is 4.15. The first kappa shape index (κ1) is 13.8. The molecular weight excluding hydrogens is 310 g/mol. The van der Waals surface area contributed by atoms with Gasteiger partial charge in [-0.2, -0.15) is 8.42 Å². The predicted molar refractivity (Wildman–Crippen MR) is 82.4 cm³/mol. The molecule has 0 fully saturated rings. The van der Waals surface area contributed by atoms with Crippen molar-refractivity contribution >= 4 is 37.8 Å². The van der Waals surface area contributed by atoms with Gasteiger partial charge in [0.25, 0.3) is 10.0 Å². The van der Waals surface area contributed by atoms with Crippen LogP contribution in [0.15, 0.2) is 34.9 Å². The van der Waals surface area contributed by atoms with Crippen molar-refractivity contribution in [2.75, 3.05) is 17.1 Å². The lowest BCUT2D eigenvalue weighted by Gasteiger charge is -2.10. The highest BCUT2D eigenvalue weighted by atomic mass is 32.2. The molecule has 2 N–H and O–H groups in total. The SMILES string of the molecule is CNc1nc2sccn2c1S(=O)(=O)Nc1cccnc1C. The number of nitrogens with zero attached hydrogens (tertiary/aromatic N) is 3. The summed E-state index contributed by atoms with van der Waals surface area (Å²) in [5.74, 6) is 0.316. The fraction of sp³-hybridized carbons (Fsp3) is 0.167. The number of imidazole rings is 1. The van der Waals surface area contributed by atoms with Crippen LogP contribution in [0.2, 0.25) is 0 Å². The highest BCUT2D eigenvalue weighted by Gasteiger charge is 2.26. The Balaban J connectivity index is 2.12. The van der Waals surface area contributed by atoms with E-state index in [1.165, 1.54) is 11.3 Å². The second-order valence-corrected chi connectivity index (χ2v) is 6.78. The van der Waals surface area contributed by atoms with Crippen molar-refractivity contribution in [3.63, 3.8) is 0 Å². The number of rotatable bonds is 4. The first-order valence-corrected chi connectivity index (χ1v) is 8.47. The number of thiazole rings is 1. The maximum atomic E-state index is 12.7. The van der Waals surface area contributed by atoms with Gasteiger partial charge in [0.2, 0.25) is 5.03 Å². The zero-order valence-corrected chi connectivity index (χ0v) is 13.0. The molecule has 0 radical (unpaired) electrons. The van der Waals surface area contributed by atoms with Gasteiger partial charge in [0.15, 0.2) is 10.8 Å². The smallest absolute Gasteiger partial charge is 0.281 e. The molecule has 0 aromatic carbocycles. The Morgan fingerprint density at radius 2 is 2.19 bits per heavy atom. The molecule has 0 aliphatic heterocycles. The molecule has 0 aliphatic carbocycles. The lowest BCUT2D eigenvalue weighted by Crippen LogP contribution is -2.17. The van der Waals surface area contributed by atoms with E-state index in [1.54, 1.807) is 48.3 Å². The van der Waals surface area contributed by atoms with Crippen molar-refractivity contribution in [3.05, 3.63) is 35.6 Å². The first-order valence-electron chi connectivity index (χ1n) is 6.10. The van der Waals surface area contributed by atoms with Crippen LogP contribution in [0, 0.1) is 6.92 Å². The summed E-state index contributed by atoms with van der Waals surface area (Å²) in [6.45, 7) is 1.74. The van der Waals surface area contributed by atoms with E-state index in [-0.39, 0.29) is 5.03 Å². The average Bonchev–Trinajstić information content (AvgIpc) is 3.00. The van der Waals surface area contributed by atoms with Crippen LogP contribution < -0.4 is 10.0 Å². The van der Waals surface area contributed by atoms with Gasteiger partial charge in [0.1, 0.15) is 0 Å². The average molecular weight is 323 g/mol. The van der Waals surface area contributed by atoms with E-state index in [2.05, 4.69) is 20.0 Å². The molecule has 3 aromatic rings. The van der Waals surface area contributed by atoms with Gasteiger partial charge in [0.05, 0.1) is 11.4 Å². The van der Waals surface area contributed by atoms with E-state index in [0.29, 0.717) is 22.2 Å². The molecule has 3 heterocycles. The Hall–Kier alpha value is -2.13. The number of hydrogen-bond donors (Lipinski definition) is 2. The van der Waals surface area contributed by atoms with E-state index >= 15 is 0 Å². The molecule has 0 saturated carbocycles. The molecule has 9 heteroatoms. The first-order chi connectivity index (χ1) is 10.0. The summed E-state index contributed by atoms with van der Waals surface area (Å²) in [7, 11) is -2.14. The molecule has 0 amide bonds. The third-order valence-electron chi connectivity index (χ3n) is 2.96. The van der Waals surface area contributed by atoms with Gasteiger partial charge in [-0.3, -0.25) is 14.1 Å². The Bertz CT molecular complexity index is 897. The van der Waals surface area contributed by atoms with E-state index < -0.39 is 10.0 Å². The second kappa shape index (κ2) is 5.01. The zero-order valence-electron chi connectivity index (χ0n) is 11.4. The minimum atomic E-state index is -3.78. The number of aryl methyl sites for hydroxylation is 1. The number of sulfonamides is 1. The van der Waals surface area contributed by atoms with Gasteiger partial charge < -0.3 is 5.32 Å². The number of nitrogens with one attached hydrogen (secondary N) is 2. The van der Waals surface area contributed by atoms with Gasteiger partial charge in [0, 0.05) is 24.8 Å². The molecule has 0 saturated heterocycles. The Kier molecular flexibility index (Phi) is 3.30. The van der Waals surface area contributed by atoms with Crippen LogP contribution in [-0.2, 0) is 10.0 Å². The normalized spacial score (nSPS) is 11.7. The molecule has 3 aromatic heterocycles. The third kappa shape index (κ3) is 2.34. The Morgan fingerprint density at radius 3 is 2.90 bits per heavy atom. The Labute approximate surface area is 125 Å². The summed E-state index contributed by atoms with van der Waals surface area (Å²) < 4.78 is 29.4. The summed E-state index contributed by atoms with van der Waals surface area (Å²) in [5.41, 5.74) is 1.06.